The van der Waals surface area contributed by atoms with Gasteiger partial charge in [-0.2, -0.15) is 8.42 Å². The first-order valence-corrected chi connectivity index (χ1v) is 9.77. The number of Topliss-reactive ketones (excluding diaryl/α,β-unsaturated/α-hetero) is 1. The molecule has 24 heavy (non-hydrogen) atoms. The lowest BCUT2D eigenvalue weighted by atomic mass is 10.1. The fraction of sp³-hybridized carbons (Fsp3) is 0.235. The van der Waals surface area contributed by atoms with Gasteiger partial charge in [0.25, 0.3) is 0 Å². The molecular weight excluding hydrogens is 396 g/mol. The number of alkyl halides is 1. The summed E-state index contributed by atoms with van der Waals surface area (Å²) in [6, 6.07) is 10.8. The maximum Gasteiger partial charge on any atom is 0.339 e. The molecule has 0 amide bonds. The number of benzene rings is 2. The molecule has 7 heteroatoms. The van der Waals surface area contributed by atoms with Gasteiger partial charge in [0.1, 0.15) is 10.6 Å². The summed E-state index contributed by atoms with van der Waals surface area (Å²) in [4.78, 5) is 12.0. The van der Waals surface area contributed by atoms with Crippen molar-refractivity contribution in [3.8, 4) is 11.5 Å². The molecule has 0 unspecified atom stereocenters. The molecule has 0 aliphatic carbocycles. The number of ether oxygens (including phenoxy) is 1. The van der Waals surface area contributed by atoms with Crippen molar-refractivity contribution >= 4 is 31.8 Å². The molecule has 0 saturated heterocycles. The van der Waals surface area contributed by atoms with Gasteiger partial charge in [-0.1, -0.05) is 33.6 Å². The minimum absolute atomic E-state index is 0.0205. The van der Waals surface area contributed by atoms with Crippen LogP contribution in [0.25, 0.3) is 0 Å². The van der Waals surface area contributed by atoms with Crippen molar-refractivity contribution in [3.63, 3.8) is 0 Å². The summed E-state index contributed by atoms with van der Waals surface area (Å²) in [6.07, 6.45) is 0. The van der Waals surface area contributed by atoms with Crippen LogP contribution >= 0.6 is 15.9 Å². The minimum atomic E-state index is -4.05. The van der Waals surface area contributed by atoms with E-state index in [9.17, 15) is 13.2 Å². The topological polar surface area (TPSA) is 69.7 Å². The van der Waals surface area contributed by atoms with Crippen molar-refractivity contribution in [1.82, 2.24) is 0 Å². The van der Waals surface area contributed by atoms with E-state index in [0.717, 1.165) is 5.56 Å². The Bertz CT molecular complexity index is 829. The van der Waals surface area contributed by atoms with Crippen molar-refractivity contribution in [2.24, 2.45) is 0 Å². The van der Waals surface area contributed by atoms with Gasteiger partial charge in [0.15, 0.2) is 11.5 Å². The fourth-order valence-electron chi connectivity index (χ4n) is 2.00. The molecule has 2 aromatic carbocycles. The summed E-state index contributed by atoms with van der Waals surface area (Å²) in [7, 11) is -4.05. The Hall–Kier alpha value is -1.86. The third-order valence-corrected chi connectivity index (χ3v) is 4.95. The van der Waals surface area contributed by atoms with E-state index in [4.69, 9.17) is 8.92 Å². The van der Waals surface area contributed by atoms with Gasteiger partial charge in [-0.15, -0.1) is 0 Å². The van der Waals surface area contributed by atoms with Crippen molar-refractivity contribution in [2.45, 2.75) is 18.7 Å². The highest BCUT2D eigenvalue weighted by Crippen LogP contribution is 2.29. The quantitative estimate of drug-likeness (QED) is 0.393. The van der Waals surface area contributed by atoms with Gasteiger partial charge < -0.3 is 8.92 Å². The molecular formula is C17H17BrO5S. The molecule has 0 saturated carbocycles. The zero-order valence-corrected chi connectivity index (χ0v) is 15.7. The first-order valence-electron chi connectivity index (χ1n) is 7.24. The van der Waals surface area contributed by atoms with E-state index in [0.29, 0.717) is 12.4 Å². The smallest absolute Gasteiger partial charge is 0.339 e. The molecule has 0 spiro atoms. The van der Waals surface area contributed by atoms with E-state index in [1.54, 1.807) is 25.1 Å². The number of halogens is 1. The van der Waals surface area contributed by atoms with Crippen LogP contribution in [0.1, 0.15) is 22.8 Å². The van der Waals surface area contributed by atoms with Gasteiger partial charge in [0.2, 0.25) is 0 Å². The number of carbonyl (C=O) groups is 1. The van der Waals surface area contributed by atoms with E-state index >= 15 is 0 Å². The van der Waals surface area contributed by atoms with Crippen molar-refractivity contribution in [2.75, 3.05) is 11.9 Å². The number of carbonyl (C=O) groups excluding carboxylic acids is 1. The van der Waals surface area contributed by atoms with Crippen LogP contribution in [0.5, 0.6) is 11.5 Å². The highest BCUT2D eigenvalue weighted by atomic mass is 79.9. The number of hydrogen-bond acceptors (Lipinski definition) is 5. The van der Waals surface area contributed by atoms with Crippen molar-refractivity contribution in [1.29, 1.82) is 0 Å². The largest absolute Gasteiger partial charge is 0.494 e. The molecule has 2 aromatic rings. The lowest BCUT2D eigenvalue weighted by Gasteiger charge is -2.12. The van der Waals surface area contributed by atoms with Gasteiger partial charge in [0, 0.05) is 6.07 Å². The molecule has 0 N–H and O–H groups in total. The van der Waals surface area contributed by atoms with Crippen LogP contribution in [0.4, 0.5) is 0 Å². The van der Waals surface area contributed by atoms with Crippen LogP contribution in [0.3, 0.4) is 0 Å². The molecule has 0 heterocycles. The molecule has 2 rings (SSSR count). The van der Waals surface area contributed by atoms with E-state index in [-0.39, 0.29) is 27.3 Å². The first-order chi connectivity index (χ1) is 11.4. The van der Waals surface area contributed by atoms with Crippen LogP contribution in [0, 0.1) is 6.92 Å². The normalized spacial score (nSPS) is 11.1. The zero-order chi connectivity index (χ0) is 17.7. The van der Waals surface area contributed by atoms with Crippen LogP contribution in [0.15, 0.2) is 47.4 Å². The maximum absolute atomic E-state index is 12.5. The predicted molar refractivity (Wildman–Crippen MR) is 94.7 cm³/mol. The van der Waals surface area contributed by atoms with Crippen LogP contribution in [-0.4, -0.2) is 26.1 Å². The molecule has 5 nitrogen and oxygen atoms in total. The molecule has 0 bridgehead atoms. The maximum atomic E-state index is 12.5. The molecule has 0 fully saturated rings. The summed E-state index contributed by atoms with van der Waals surface area (Å²) >= 11 is 3.08. The molecule has 0 aliphatic heterocycles. The Kier molecular flexibility index (Phi) is 6.01. The zero-order valence-electron chi connectivity index (χ0n) is 13.3. The van der Waals surface area contributed by atoms with E-state index < -0.39 is 10.1 Å². The lowest BCUT2D eigenvalue weighted by Crippen LogP contribution is -2.13. The summed E-state index contributed by atoms with van der Waals surface area (Å²) in [6.45, 7) is 4.08. The average Bonchev–Trinajstić information content (AvgIpc) is 2.55. The van der Waals surface area contributed by atoms with Gasteiger partial charge in [-0.3, -0.25) is 4.79 Å². The number of aryl methyl sites for hydroxylation is 1. The van der Waals surface area contributed by atoms with E-state index in [1.807, 2.05) is 6.92 Å². The third kappa shape index (κ3) is 4.36. The highest BCUT2D eigenvalue weighted by Gasteiger charge is 2.21. The molecule has 0 aliphatic rings. The summed E-state index contributed by atoms with van der Waals surface area (Å²) in [5.41, 5.74) is 1.11. The van der Waals surface area contributed by atoms with Gasteiger partial charge in [-0.05, 0) is 38.1 Å². The molecule has 0 aromatic heterocycles. The first kappa shape index (κ1) is 18.5. The predicted octanol–water partition coefficient (Wildman–Crippen LogP) is 3.74. The Morgan fingerprint density at radius 2 is 1.79 bits per heavy atom. The van der Waals surface area contributed by atoms with Gasteiger partial charge in [0.05, 0.1) is 17.5 Å². The minimum Gasteiger partial charge on any atom is -0.494 e. The monoisotopic (exact) mass is 412 g/mol. The van der Waals surface area contributed by atoms with Gasteiger partial charge >= 0.3 is 10.1 Å². The van der Waals surface area contributed by atoms with Crippen LogP contribution in [0.2, 0.25) is 0 Å². The second-order valence-corrected chi connectivity index (χ2v) is 7.11. The van der Waals surface area contributed by atoms with Crippen LogP contribution < -0.4 is 8.92 Å². The number of hydrogen-bond donors (Lipinski definition) is 0. The average molecular weight is 413 g/mol. The Labute approximate surface area is 149 Å². The molecule has 0 atom stereocenters. The lowest BCUT2D eigenvalue weighted by molar-refractivity contribution is 0.102. The number of ketones is 1. The van der Waals surface area contributed by atoms with Crippen molar-refractivity contribution in [3.05, 3.63) is 53.6 Å². The Morgan fingerprint density at radius 1 is 1.12 bits per heavy atom. The van der Waals surface area contributed by atoms with Crippen LogP contribution in [-0.2, 0) is 10.1 Å². The summed E-state index contributed by atoms with van der Waals surface area (Å²) in [5, 5.41) is 0.0575. The SMILES string of the molecule is CCOc1ccc(C(=O)CBr)c(OS(=O)(=O)c2ccc(C)cc2)c1. The summed E-state index contributed by atoms with van der Waals surface area (Å²) in [5.74, 6) is 0.0934. The summed E-state index contributed by atoms with van der Waals surface area (Å²) < 4.78 is 35.5. The Morgan fingerprint density at radius 3 is 2.38 bits per heavy atom. The number of rotatable bonds is 7. The molecule has 128 valence electrons. The van der Waals surface area contributed by atoms with Gasteiger partial charge in [-0.25, -0.2) is 0 Å². The Balaban J connectivity index is 2.43. The van der Waals surface area contributed by atoms with E-state index in [2.05, 4.69) is 15.9 Å². The van der Waals surface area contributed by atoms with Crippen molar-refractivity contribution < 1.29 is 22.1 Å². The second kappa shape index (κ2) is 7.81. The standard InChI is InChI=1S/C17H17BrO5S/c1-3-22-13-6-9-15(16(19)11-18)17(10-13)23-24(20,21)14-7-4-12(2)5-8-14/h4-10H,3,11H2,1-2H3. The second-order valence-electron chi connectivity index (χ2n) is 5.00. The van der Waals surface area contributed by atoms with E-state index in [1.165, 1.54) is 24.3 Å². The fourth-order valence-corrected chi connectivity index (χ4v) is 3.24. The molecule has 0 radical (unpaired) electrons. The highest BCUT2D eigenvalue weighted by molar-refractivity contribution is 9.09. The third-order valence-electron chi connectivity index (χ3n) is 3.20.